The third-order valence-electron chi connectivity index (χ3n) is 4.58. The van der Waals surface area contributed by atoms with Gasteiger partial charge in [-0.2, -0.15) is 0 Å². The third-order valence-corrected chi connectivity index (χ3v) is 4.58. The summed E-state index contributed by atoms with van der Waals surface area (Å²) in [7, 11) is 0. The quantitative estimate of drug-likeness (QED) is 0.814. The Kier molecular flexibility index (Phi) is 5.80. The fraction of sp³-hybridized carbons (Fsp3) is 0.588. The highest BCUT2D eigenvalue weighted by Crippen LogP contribution is 2.19. The molecule has 1 saturated heterocycles. The van der Waals surface area contributed by atoms with Gasteiger partial charge in [-0.05, 0) is 37.6 Å². The number of rotatable bonds is 5. The van der Waals surface area contributed by atoms with Crippen LogP contribution in [0.4, 0.5) is 11.4 Å². The van der Waals surface area contributed by atoms with Crippen LogP contribution in [0, 0.1) is 0 Å². The average Bonchev–Trinajstić information content (AvgIpc) is 2.54. The van der Waals surface area contributed by atoms with E-state index in [0.717, 1.165) is 56.1 Å². The molecule has 5 nitrogen and oxygen atoms in total. The highest BCUT2D eigenvalue weighted by molar-refractivity contribution is 5.95. The first kappa shape index (κ1) is 16.8. The standard InChI is InChI=1S/C17H28N4O/c1-4-14-6-7-15(12-16(14)18)19-17(22)13(3)21-10-8-20(5-2)9-11-21/h6-7,12-13H,4-5,8-11,18H2,1-3H3,(H,19,22). The van der Waals surface area contributed by atoms with Gasteiger partial charge in [-0.1, -0.05) is 19.9 Å². The number of likely N-dealkylation sites (N-methyl/N-ethyl adjacent to an activating group) is 1. The van der Waals surface area contributed by atoms with E-state index < -0.39 is 0 Å². The zero-order valence-corrected chi connectivity index (χ0v) is 13.9. The van der Waals surface area contributed by atoms with Crippen LogP contribution in [-0.4, -0.2) is 54.5 Å². The molecule has 22 heavy (non-hydrogen) atoms. The maximum atomic E-state index is 12.4. The van der Waals surface area contributed by atoms with Crippen LogP contribution in [-0.2, 0) is 11.2 Å². The Morgan fingerprint density at radius 3 is 2.50 bits per heavy atom. The summed E-state index contributed by atoms with van der Waals surface area (Å²) in [6, 6.07) is 5.63. The van der Waals surface area contributed by atoms with Crippen LogP contribution in [0.15, 0.2) is 18.2 Å². The van der Waals surface area contributed by atoms with Gasteiger partial charge in [0.25, 0.3) is 0 Å². The fourth-order valence-corrected chi connectivity index (χ4v) is 2.87. The lowest BCUT2D eigenvalue weighted by Crippen LogP contribution is -2.52. The van der Waals surface area contributed by atoms with E-state index in [9.17, 15) is 4.79 Å². The molecular formula is C17H28N4O. The molecule has 1 atom stereocenters. The molecule has 1 aromatic carbocycles. The largest absolute Gasteiger partial charge is 0.398 e. The Labute approximate surface area is 133 Å². The van der Waals surface area contributed by atoms with E-state index in [1.165, 1.54) is 0 Å². The number of benzene rings is 1. The van der Waals surface area contributed by atoms with Gasteiger partial charge in [0.15, 0.2) is 0 Å². The van der Waals surface area contributed by atoms with Crippen molar-refractivity contribution >= 4 is 17.3 Å². The maximum absolute atomic E-state index is 12.4. The van der Waals surface area contributed by atoms with E-state index in [1.807, 2.05) is 25.1 Å². The number of nitrogens with zero attached hydrogens (tertiary/aromatic N) is 2. The minimum atomic E-state index is -0.119. The van der Waals surface area contributed by atoms with Gasteiger partial charge in [-0.3, -0.25) is 9.69 Å². The van der Waals surface area contributed by atoms with Crippen molar-refractivity contribution in [3.8, 4) is 0 Å². The topological polar surface area (TPSA) is 61.6 Å². The van der Waals surface area contributed by atoms with Crippen molar-refractivity contribution in [2.75, 3.05) is 43.8 Å². The molecule has 1 fully saturated rings. The number of amides is 1. The van der Waals surface area contributed by atoms with Crippen LogP contribution in [0.2, 0.25) is 0 Å². The van der Waals surface area contributed by atoms with E-state index >= 15 is 0 Å². The molecule has 0 radical (unpaired) electrons. The number of carbonyl (C=O) groups excluding carboxylic acids is 1. The summed E-state index contributed by atoms with van der Waals surface area (Å²) in [6.45, 7) is 11.3. The van der Waals surface area contributed by atoms with Gasteiger partial charge in [0.1, 0.15) is 0 Å². The Balaban J connectivity index is 1.92. The van der Waals surface area contributed by atoms with E-state index in [4.69, 9.17) is 5.73 Å². The van der Waals surface area contributed by atoms with Crippen molar-refractivity contribution in [3.05, 3.63) is 23.8 Å². The highest BCUT2D eigenvalue weighted by Gasteiger charge is 2.25. The second-order valence-electron chi connectivity index (χ2n) is 5.90. The van der Waals surface area contributed by atoms with Gasteiger partial charge in [0.05, 0.1) is 6.04 Å². The molecule has 1 aliphatic heterocycles. The molecule has 122 valence electrons. The normalized spacial score (nSPS) is 18.1. The van der Waals surface area contributed by atoms with E-state index in [1.54, 1.807) is 0 Å². The van der Waals surface area contributed by atoms with Crippen molar-refractivity contribution < 1.29 is 4.79 Å². The summed E-state index contributed by atoms with van der Waals surface area (Å²) in [4.78, 5) is 17.1. The summed E-state index contributed by atoms with van der Waals surface area (Å²) in [5.41, 5.74) is 8.62. The number of aryl methyl sites for hydroxylation is 1. The average molecular weight is 304 g/mol. The van der Waals surface area contributed by atoms with Gasteiger partial charge in [0.2, 0.25) is 5.91 Å². The predicted octanol–water partition coefficient (Wildman–Crippen LogP) is 1.80. The number of piperazine rings is 1. The SMILES string of the molecule is CCc1ccc(NC(=O)C(C)N2CCN(CC)CC2)cc1N. The first-order chi connectivity index (χ1) is 10.5. The summed E-state index contributed by atoms with van der Waals surface area (Å²) < 4.78 is 0. The molecule has 1 amide bonds. The Hall–Kier alpha value is -1.59. The van der Waals surface area contributed by atoms with E-state index in [2.05, 4.69) is 29.0 Å². The number of anilines is 2. The molecule has 1 aromatic rings. The van der Waals surface area contributed by atoms with Crippen LogP contribution < -0.4 is 11.1 Å². The number of nitrogen functional groups attached to an aromatic ring is 1. The molecular weight excluding hydrogens is 276 g/mol. The molecule has 0 aliphatic carbocycles. The molecule has 0 spiro atoms. The Bertz CT molecular complexity index is 509. The Morgan fingerprint density at radius 2 is 1.95 bits per heavy atom. The minimum Gasteiger partial charge on any atom is -0.398 e. The van der Waals surface area contributed by atoms with Crippen LogP contribution in [0.3, 0.4) is 0 Å². The van der Waals surface area contributed by atoms with Crippen molar-refractivity contribution in [1.29, 1.82) is 0 Å². The summed E-state index contributed by atoms with van der Waals surface area (Å²) in [6.07, 6.45) is 0.901. The molecule has 0 bridgehead atoms. The lowest BCUT2D eigenvalue weighted by molar-refractivity contribution is -0.121. The molecule has 0 aromatic heterocycles. The molecule has 0 saturated carbocycles. The zero-order chi connectivity index (χ0) is 16.1. The number of hydrogen-bond donors (Lipinski definition) is 2. The smallest absolute Gasteiger partial charge is 0.241 e. The second-order valence-corrected chi connectivity index (χ2v) is 5.90. The van der Waals surface area contributed by atoms with Gasteiger partial charge in [-0.25, -0.2) is 0 Å². The van der Waals surface area contributed by atoms with Crippen LogP contribution in [0.5, 0.6) is 0 Å². The fourth-order valence-electron chi connectivity index (χ4n) is 2.87. The molecule has 5 heteroatoms. The third kappa shape index (κ3) is 3.99. The minimum absolute atomic E-state index is 0.0357. The summed E-state index contributed by atoms with van der Waals surface area (Å²) in [5, 5.41) is 2.98. The molecule has 2 rings (SSSR count). The van der Waals surface area contributed by atoms with Crippen LogP contribution >= 0.6 is 0 Å². The lowest BCUT2D eigenvalue weighted by atomic mass is 10.1. The van der Waals surface area contributed by atoms with Crippen LogP contribution in [0.1, 0.15) is 26.3 Å². The van der Waals surface area contributed by atoms with E-state index in [-0.39, 0.29) is 11.9 Å². The van der Waals surface area contributed by atoms with Crippen molar-refractivity contribution in [3.63, 3.8) is 0 Å². The molecule has 1 heterocycles. The summed E-state index contributed by atoms with van der Waals surface area (Å²) >= 11 is 0. The number of hydrogen-bond acceptors (Lipinski definition) is 4. The highest BCUT2D eigenvalue weighted by atomic mass is 16.2. The lowest BCUT2D eigenvalue weighted by Gasteiger charge is -2.36. The molecule has 1 unspecified atom stereocenters. The first-order valence-corrected chi connectivity index (χ1v) is 8.20. The first-order valence-electron chi connectivity index (χ1n) is 8.20. The van der Waals surface area contributed by atoms with Gasteiger partial charge in [-0.15, -0.1) is 0 Å². The molecule has 1 aliphatic rings. The van der Waals surface area contributed by atoms with Gasteiger partial charge in [0, 0.05) is 37.6 Å². The van der Waals surface area contributed by atoms with Crippen molar-refractivity contribution in [2.45, 2.75) is 33.2 Å². The van der Waals surface area contributed by atoms with Gasteiger partial charge < -0.3 is 16.0 Å². The Morgan fingerprint density at radius 1 is 1.27 bits per heavy atom. The van der Waals surface area contributed by atoms with Crippen LogP contribution in [0.25, 0.3) is 0 Å². The van der Waals surface area contributed by atoms with Gasteiger partial charge >= 0.3 is 0 Å². The zero-order valence-electron chi connectivity index (χ0n) is 13.9. The molecule has 3 N–H and O–H groups in total. The number of carbonyl (C=O) groups is 1. The monoisotopic (exact) mass is 304 g/mol. The van der Waals surface area contributed by atoms with E-state index in [0.29, 0.717) is 0 Å². The number of nitrogens with two attached hydrogens (primary N) is 1. The maximum Gasteiger partial charge on any atom is 0.241 e. The number of nitrogens with one attached hydrogen (secondary N) is 1. The summed E-state index contributed by atoms with van der Waals surface area (Å²) in [5.74, 6) is 0.0357. The second kappa shape index (κ2) is 7.61. The van der Waals surface area contributed by atoms with Crippen molar-refractivity contribution in [1.82, 2.24) is 9.80 Å². The predicted molar refractivity (Wildman–Crippen MR) is 92.0 cm³/mol. The van der Waals surface area contributed by atoms with Crippen molar-refractivity contribution in [2.24, 2.45) is 0 Å².